The predicted molar refractivity (Wildman–Crippen MR) is 201 cm³/mol. The molecule has 1 amide bonds. The van der Waals surface area contributed by atoms with E-state index in [4.69, 9.17) is 4.74 Å². The van der Waals surface area contributed by atoms with Crippen LogP contribution < -0.4 is 21.5 Å². The summed E-state index contributed by atoms with van der Waals surface area (Å²) in [6.45, 7) is 3.12. The summed E-state index contributed by atoms with van der Waals surface area (Å²) in [6.07, 6.45) is 3.70. The number of fused-ring (bicyclic) bond motifs is 1. The van der Waals surface area contributed by atoms with Crippen LogP contribution in [0, 0.1) is 5.82 Å². The largest absolute Gasteiger partial charge is 0.467 e. The highest BCUT2D eigenvalue weighted by Crippen LogP contribution is 2.27. The van der Waals surface area contributed by atoms with Crippen molar-refractivity contribution >= 4 is 46.8 Å². The van der Waals surface area contributed by atoms with Gasteiger partial charge in [-0.15, -0.1) is 0 Å². The molecule has 4 N–H and O–H groups in total. The third kappa shape index (κ3) is 8.90. The number of esters is 1. The first-order valence-electron chi connectivity index (χ1n) is 17.4. The van der Waals surface area contributed by atoms with Crippen LogP contribution in [-0.2, 0) is 28.9 Å². The van der Waals surface area contributed by atoms with Crippen molar-refractivity contribution in [2.45, 2.75) is 25.4 Å². The summed E-state index contributed by atoms with van der Waals surface area (Å²) in [5, 5.41) is 9.64. The van der Waals surface area contributed by atoms with Crippen LogP contribution in [-0.4, -0.2) is 98.2 Å². The molecule has 0 saturated carbocycles. The van der Waals surface area contributed by atoms with Gasteiger partial charge in [0.2, 0.25) is 17.8 Å². The number of methoxy groups -OCH3 is 1. The molecule has 0 spiro atoms. The summed E-state index contributed by atoms with van der Waals surface area (Å²) < 4.78 is 18.9. The van der Waals surface area contributed by atoms with Crippen LogP contribution in [0.4, 0.5) is 33.6 Å². The standard InChI is InChI=1S/C38H38FN11O4/c1-54-35(53)31(19-24-6-3-2-4-7-24)45-38-47-36(42-22-29-20-26-10-11-27(39)21-30(26)43-29)46-37(48-38)44-28-9-5-8-25(18-28)23-49-14-16-50(17-15-49)34(52)32-33(51)41-13-12-40-32/h2-13,18,21,31H,14-17,19-20,22-23H2,1H3,(H,41,51)(H3,42,44,45,46,47,48)/t31-/m0/s1. The average Bonchev–Trinajstić information content (AvgIpc) is 3.59. The van der Waals surface area contributed by atoms with Gasteiger partial charge in [0.25, 0.3) is 11.5 Å². The highest BCUT2D eigenvalue weighted by atomic mass is 19.1. The Morgan fingerprint density at radius 1 is 0.926 bits per heavy atom. The zero-order valence-electron chi connectivity index (χ0n) is 29.5. The second kappa shape index (κ2) is 16.4. The molecule has 7 rings (SSSR count). The van der Waals surface area contributed by atoms with E-state index in [1.807, 2.05) is 54.6 Å². The van der Waals surface area contributed by atoms with Gasteiger partial charge in [-0.25, -0.2) is 14.2 Å². The van der Waals surface area contributed by atoms with Crippen LogP contribution in [0.3, 0.4) is 0 Å². The smallest absolute Gasteiger partial charge is 0.328 e. The van der Waals surface area contributed by atoms with Crippen LogP contribution in [0.15, 0.2) is 95.0 Å². The Morgan fingerprint density at radius 3 is 2.50 bits per heavy atom. The van der Waals surface area contributed by atoms with E-state index in [1.165, 1.54) is 31.6 Å². The molecule has 2 aliphatic rings. The summed E-state index contributed by atoms with van der Waals surface area (Å²) in [5.41, 5.74) is 4.40. The minimum Gasteiger partial charge on any atom is -0.467 e. The number of aromatic nitrogens is 5. The third-order valence-corrected chi connectivity index (χ3v) is 9.04. The van der Waals surface area contributed by atoms with Crippen molar-refractivity contribution in [2.75, 3.05) is 55.8 Å². The summed E-state index contributed by atoms with van der Waals surface area (Å²) in [4.78, 5) is 66.5. The van der Waals surface area contributed by atoms with Crippen molar-refractivity contribution in [1.29, 1.82) is 0 Å². The summed E-state index contributed by atoms with van der Waals surface area (Å²) >= 11 is 0. The molecule has 2 aliphatic heterocycles. The number of aromatic amines is 1. The lowest BCUT2D eigenvalue weighted by Crippen LogP contribution is -2.49. The number of benzene rings is 3. The number of nitrogens with zero attached hydrogens (tertiary/aromatic N) is 7. The van der Waals surface area contributed by atoms with E-state index in [-0.39, 0.29) is 35.3 Å². The fourth-order valence-corrected chi connectivity index (χ4v) is 6.32. The van der Waals surface area contributed by atoms with Crippen LogP contribution >= 0.6 is 0 Å². The lowest BCUT2D eigenvalue weighted by atomic mass is 10.1. The Kier molecular flexibility index (Phi) is 10.9. The van der Waals surface area contributed by atoms with E-state index in [9.17, 15) is 18.8 Å². The predicted octanol–water partition coefficient (Wildman–Crippen LogP) is 3.73. The Balaban J connectivity index is 1.05. The molecular weight excluding hydrogens is 693 g/mol. The number of carbonyl (C=O) groups excluding carboxylic acids is 2. The molecule has 1 atom stereocenters. The SMILES string of the molecule is COC(=O)[C@H](Cc1ccccc1)Nc1nc(NCC2=Nc3cc(F)ccc3C2)nc(Nc2cccc(CN3CCN(C(=O)c4ncc[nH]c4=O)CC3)c2)n1. The molecule has 276 valence electrons. The molecule has 54 heavy (non-hydrogen) atoms. The topological polar surface area (TPSA) is 183 Å². The second-order valence-corrected chi connectivity index (χ2v) is 12.9. The maximum Gasteiger partial charge on any atom is 0.328 e. The van der Waals surface area contributed by atoms with Gasteiger partial charge in [-0.05, 0) is 41.0 Å². The minimum atomic E-state index is -0.784. The number of amides is 1. The van der Waals surface area contributed by atoms with E-state index >= 15 is 0 Å². The van der Waals surface area contributed by atoms with Gasteiger partial charge in [-0.1, -0.05) is 48.5 Å². The number of hydrogen-bond donors (Lipinski definition) is 4. The van der Waals surface area contributed by atoms with E-state index in [0.29, 0.717) is 57.8 Å². The number of carbonyl (C=O) groups is 2. The van der Waals surface area contributed by atoms with Crippen LogP contribution in [0.25, 0.3) is 0 Å². The number of H-pyrrole nitrogens is 1. The molecule has 0 bridgehead atoms. The number of piperazine rings is 1. The van der Waals surface area contributed by atoms with Gasteiger partial charge in [0, 0.05) is 69.4 Å². The van der Waals surface area contributed by atoms with Gasteiger partial charge in [0.1, 0.15) is 11.9 Å². The van der Waals surface area contributed by atoms with Crippen molar-refractivity contribution in [3.63, 3.8) is 0 Å². The first kappa shape index (κ1) is 35.8. The fraction of sp³-hybridized carbons (Fsp3) is 0.263. The fourth-order valence-electron chi connectivity index (χ4n) is 6.32. The Hall–Kier alpha value is -6.55. The second-order valence-electron chi connectivity index (χ2n) is 12.9. The minimum absolute atomic E-state index is 0.105. The molecule has 5 aromatic rings. The molecule has 1 saturated heterocycles. The zero-order valence-corrected chi connectivity index (χ0v) is 29.5. The quantitative estimate of drug-likeness (QED) is 0.129. The van der Waals surface area contributed by atoms with Gasteiger partial charge in [-0.3, -0.25) is 19.5 Å². The van der Waals surface area contributed by atoms with Gasteiger partial charge in [0.05, 0.1) is 19.3 Å². The molecule has 4 heterocycles. The molecule has 15 nitrogen and oxygen atoms in total. The van der Waals surface area contributed by atoms with Crippen molar-refractivity contribution in [1.82, 2.24) is 34.7 Å². The number of hydrogen-bond acceptors (Lipinski definition) is 13. The van der Waals surface area contributed by atoms with Crippen LogP contribution in [0.5, 0.6) is 0 Å². The molecule has 0 unspecified atom stereocenters. The Morgan fingerprint density at radius 2 is 1.70 bits per heavy atom. The van der Waals surface area contributed by atoms with Crippen molar-refractivity contribution in [3.05, 3.63) is 124 Å². The lowest BCUT2D eigenvalue weighted by Gasteiger charge is -2.34. The monoisotopic (exact) mass is 731 g/mol. The molecule has 0 radical (unpaired) electrons. The molecule has 16 heteroatoms. The lowest BCUT2D eigenvalue weighted by molar-refractivity contribution is -0.141. The highest BCUT2D eigenvalue weighted by molar-refractivity contribution is 5.96. The van der Waals surface area contributed by atoms with Crippen molar-refractivity contribution in [2.24, 2.45) is 4.99 Å². The number of aliphatic imine (C=N–C) groups is 1. The number of ether oxygens (including phenoxy) is 1. The van der Waals surface area contributed by atoms with Gasteiger partial charge >= 0.3 is 5.97 Å². The highest BCUT2D eigenvalue weighted by Gasteiger charge is 2.25. The maximum absolute atomic E-state index is 13.8. The third-order valence-electron chi connectivity index (χ3n) is 9.04. The molecule has 1 fully saturated rings. The first-order valence-corrected chi connectivity index (χ1v) is 17.4. The van der Waals surface area contributed by atoms with E-state index < -0.39 is 17.6 Å². The van der Waals surface area contributed by atoms with Gasteiger partial charge < -0.3 is 30.6 Å². The molecule has 2 aromatic heterocycles. The van der Waals surface area contributed by atoms with Crippen molar-refractivity contribution in [3.8, 4) is 0 Å². The molecular formula is C38H38FN11O4. The van der Waals surface area contributed by atoms with E-state index in [2.05, 4.69) is 50.8 Å². The number of anilines is 4. The summed E-state index contributed by atoms with van der Waals surface area (Å²) in [6, 6.07) is 21.2. The number of rotatable bonds is 13. The normalized spacial score (nSPS) is 14.5. The number of halogens is 1. The molecule has 0 aliphatic carbocycles. The summed E-state index contributed by atoms with van der Waals surface area (Å²) in [5.74, 6) is -0.583. The van der Waals surface area contributed by atoms with Crippen LogP contribution in [0.2, 0.25) is 0 Å². The van der Waals surface area contributed by atoms with E-state index in [1.54, 1.807) is 11.0 Å². The Labute approximate surface area is 309 Å². The number of nitrogens with one attached hydrogen (secondary N) is 4. The average molecular weight is 732 g/mol. The van der Waals surface area contributed by atoms with E-state index in [0.717, 1.165) is 28.1 Å². The zero-order chi connectivity index (χ0) is 37.4. The first-order chi connectivity index (χ1) is 26.3. The van der Waals surface area contributed by atoms with Gasteiger partial charge in [0.15, 0.2) is 5.69 Å². The maximum atomic E-state index is 13.8. The summed E-state index contributed by atoms with van der Waals surface area (Å²) in [7, 11) is 1.33. The van der Waals surface area contributed by atoms with Crippen LogP contribution in [0.1, 0.15) is 27.2 Å². The van der Waals surface area contributed by atoms with Gasteiger partial charge in [-0.2, -0.15) is 15.0 Å². The Bertz CT molecular complexity index is 2230. The van der Waals surface area contributed by atoms with Crippen molar-refractivity contribution < 1.29 is 18.7 Å². The molecule has 3 aromatic carbocycles.